The largest absolute Gasteiger partial charge is 0.497 e. The van der Waals surface area contributed by atoms with Crippen LogP contribution >= 0.6 is 27.5 Å². The van der Waals surface area contributed by atoms with Gasteiger partial charge in [-0.2, -0.15) is 0 Å². The van der Waals surface area contributed by atoms with Crippen LogP contribution in [0, 0.1) is 0 Å². The highest BCUT2D eigenvalue weighted by molar-refractivity contribution is 9.10. The van der Waals surface area contributed by atoms with Crippen LogP contribution in [0.2, 0.25) is 5.02 Å². The summed E-state index contributed by atoms with van der Waals surface area (Å²) in [5, 5.41) is 11.2. The van der Waals surface area contributed by atoms with E-state index in [4.69, 9.17) is 22.1 Å². The second-order valence-electron chi connectivity index (χ2n) is 4.73. The third-order valence-electron chi connectivity index (χ3n) is 3.43. The van der Waals surface area contributed by atoms with Crippen molar-refractivity contribution < 1.29 is 9.84 Å². The van der Waals surface area contributed by atoms with E-state index in [-0.39, 0.29) is 5.92 Å². The van der Waals surface area contributed by atoms with Crippen LogP contribution in [0.3, 0.4) is 0 Å². The summed E-state index contributed by atoms with van der Waals surface area (Å²) >= 11 is 9.59. The molecule has 2 unspecified atom stereocenters. The first-order valence-electron chi connectivity index (χ1n) is 6.54. The average molecular weight is 371 g/mol. The minimum Gasteiger partial charge on any atom is -0.497 e. The van der Waals surface area contributed by atoms with E-state index in [2.05, 4.69) is 15.9 Å². The van der Waals surface area contributed by atoms with E-state index in [0.717, 1.165) is 15.8 Å². The quantitative estimate of drug-likeness (QED) is 0.839. The number of hydrogen-bond donors (Lipinski definition) is 2. The van der Waals surface area contributed by atoms with Crippen LogP contribution in [-0.4, -0.2) is 18.8 Å². The molecular formula is C16H17BrClNO2. The summed E-state index contributed by atoms with van der Waals surface area (Å²) in [6.45, 7) is 0.303. The number of hydrogen-bond acceptors (Lipinski definition) is 3. The minimum absolute atomic E-state index is 0.258. The van der Waals surface area contributed by atoms with Crippen LogP contribution in [0.5, 0.6) is 5.75 Å². The topological polar surface area (TPSA) is 55.5 Å². The Kier molecular flexibility index (Phi) is 5.65. The third kappa shape index (κ3) is 3.77. The molecule has 112 valence electrons. The summed E-state index contributed by atoms with van der Waals surface area (Å²) in [4.78, 5) is 0. The van der Waals surface area contributed by atoms with Crippen molar-refractivity contribution in [2.75, 3.05) is 13.7 Å². The van der Waals surface area contributed by atoms with Gasteiger partial charge in [-0.3, -0.25) is 0 Å². The zero-order chi connectivity index (χ0) is 15.4. The molecule has 2 rings (SSSR count). The summed E-state index contributed by atoms with van der Waals surface area (Å²) in [5.74, 6) is 0.477. The number of methoxy groups -OCH3 is 1. The fourth-order valence-corrected chi connectivity index (χ4v) is 2.89. The predicted molar refractivity (Wildman–Crippen MR) is 88.9 cm³/mol. The van der Waals surface area contributed by atoms with Crippen molar-refractivity contribution in [3.63, 3.8) is 0 Å². The normalized spacial score (nSPS) is 13.8. The fraction of sp³-hybridized carbons (Fsp3) is 0.250. The molecule has 2 aromatic rings. The number of benzene rings is 2. The smallest absolute Gasteiger partial charge is 0.119 e. The van der Waals surface area contributed by atoms with Gasteiger partial charge in [-0.15, -0.1) is 0 Å². The second-order valence-corrected chi connectivity index (χ2v) is 6.05. The maximum atomic E-state index is 10.7. The van der Waals surface area contributed by atoms with E-state index in [9.17, 15) is 5.11 Å². The lowest BCUT2D eigenvalue weighted by Gasteiger charge is -2.23. The Bertz CT molecular complexity index is 621. The molecule has 0 saturated carbocycles. The van der Waals surface area contributed by atoms with Gasteiger partial charge in [0.2, 0.25) is 0 Å². The van der Waals surface area contributed by atoms with Gasteiger partial charge in [0.05, 0.1) is 13.2 Å². The van der Waals surface area contributed by atoms with Crippen molar-refractivity contribution >= 4 is 27.5 Å². The van der Waals surface area contributed by atoms with Crippen LogP contribution in [-0.2, 0) is 0 Å². The maximum absolute atomic E-state index is 10.7. The molecule has 0 heterocycles. The van der Waals surface area contributed by atoms with Crippen LogP contribution in [0.15, 0.2) is 46.9 Å². The van der Waals surface area contributed by atoms with Crippen LogP contribution < -0.4 is 10.5 Å². The van der Waals surface area contributed by atoms with E-state index in [1.807, 2.05) is 36.4 Å². The van der Waals surface area contributed by atoms with Crippen LogP contribution in [0.1, 0.15) is 23.1 Å². The molecule has 0 spiro atoms. The Labute approximate surface area is 137 Å². The first-order valence-corrected chi connectivity index (χ1v) is 7.71. The Hall–Kier alpha value is -1.07. The molecule has 0 aliphatic carbocycles. The fourth-order valence-electron chi connectivity index (χ4n) is 2.28. The first kappa shape index (κ1) is 16.3. The molecule has 3 N–H and O–H groups in total. The van der Waals surface area contributed by atoms with Crippen molar-refractivity contribution in [1.29, 1.82) is 0 Å². The van der Waals surface area contributed by atoms with E-state index >= 15 is 0 Å². The zero-order valence-electron chi connectivity index (χ0n) is 11.6. The van der Waals surface area contributed by atoms with Crippen molar-refractivity contribution in [1.82, 2.24) is 0 Å². The summed E-state index contributed by atoms with van der Waals surface area (Å²) < 4.78 is 6.09. The highest BCUT2D eigenvalue weighted by atomic mass is 79.9. The molecule has 5 heteroatoms. The van der Waals surface area contributed by atoms with Gasteiger partial charge in [0.1, 0.15) is 5.75 Å². The number of aliphatic hydroxyl groups excluding tert-OH is 1. The van der Waals surface area contributed by atoms with Gasteiger partial charge in [0, 0.05) is 27.5 Å². The van der Waals surface area contributed by atoms with Gasteiger partial charge in [-0.05, 0) is 35.9 Å². The number of halogens is 2. The van der Waals surface area contributed by atoms with Gasteiger partial charge < -0.3 is 15.6 Å². The van der Waals surface area contributed by atoms with Crippen molar-refractivity contribution in [2.45, 2.75) is 12.0 Å². The third-order valence-corrected chi connectivity index (χ3v) is 4.27. The Morgan fingerprint density at radius 2 is 2.05 bits per heavy atom. The molecule has 0 amide bonds. The molecule has 3 nitrogen and oxygen atoms in total. The molecule has 0 aromatic heterocycles. The molecule has 0 bridgehead atoms. The van der Waals surface area contributed by atoms with Crippen LogP contribution in [0.4, 0.5) is 0 Å². The Balaban J connectivity index is 2.37. The van der Waals surface area contributed by atoms with Gasteiger partial charge in [-0.25, -0.2) is 0 Å². The van der Waals surface area contributed by atoms with Crippen molar-refractivity contribution in [2.24, 2.45) is 5.73 Å². The van der Waals surface area contributed by atoms with E-state index in [1.165, 1.54) is 0 Å². The zero-order valence-corrected chi connectivity index (χ0v) is 13.9. The number of rotatable bonds is 5. The monoisotopic (exact) mass is 369 g/mol. The number of ether oxygens (including phenoxy) is 1. The average Bonchev–Trinajstić information content (AvgIpc) is 2.50. The minimum atomic E-state index is -0.785. The second kappa shape index (κ2) is 7.27. The maximum Gasteiger partial charge on any atom is 0.119 e. The summed E-state index contributed by atoms with van der Waals surface area (Å²) in [5.41, 5.74) is 7.44. The summed E-state index contributed by atoms with van der Waals surface area (Å²) in [7, 11) is 1.61. The lowest BCUT2D eigenvalue weighted by Crippen LogP contribution is -2.20. The van der Waals surface area contributed by atoms with E-state index < -0.39 is 6.10 Å². The summed E-state index contributed by atoms with van der Waals surface area (Å²) in [6, 6.07) is 12.9. The Morgan fingerprint density at radius 3 is 2.71 bits per heavy atom. The molecule has 0 radical (unpaired) electrons. The Morgan fingerprint density at radius 1 is 1.29 bits per heavy atom. The SMILES string of the molecule is COc1cccc(C(CN)C(O)c2cc(Br)ccc2Cl)c1. The lowest BCUT2D eigenvalue weighted by molar-refractivity contribution is 0.147. The highest BCUT2D eigenvalue weighted by Crippen LogP contribution is 2.36. The number of nitrogens with two attached hydrogens (primary N) is 1. The van der Waals surface area contributed by atoms with Gasteiger partial charge in [-0.1, -0.05) is 39.7 Å². The van der Waals surface area contributed by atoms with Crippen LogP contribution in [0.25, 0.3) is 0 Å². The van der Waals surface area contributed by atoms with E-state index in [1.54, 1.807) is 13.2 Å². The molecular weight excluding hydrogens is 354 g/mol. The molecule has 0 aliphatic heterocycles. The van der Waals surface area contributed by atoms with Gasteiger partial charge in [0.25, 0.3) is 0 Å². The first-order chi connectivity index (χ1) is 10.1. The lowest BCUT2D eigenvalue weighted by atomic mass is 9.89. The molecule has 21 heavy (non-hydrogen) atoms. The highest BCUT2D eigenvalue weighted by Gasteiger charge is 2.24. The standard InChI is InChI=1S/C16H17BrClNO2/c1-21-12-4-2-3-10(7-12)14(9-19)16(20)13-8-11(17)5-6-15(13)18/h2-8,14,16,20H,9,19H2,1H3. The van der Waals surface area contributed by atoms with E-state index in [0.29, 0.717) is 17.1 Å². The predicted octanol–water partition coefficient (Wildman–Crippen LogP) is 3.89. The van der Waals surface area contributed by atoms with Crippen molar-refractivity contribution in [3.8, 4) is 5.75 Å². The molecule has 2 atom stereocenters. The number of aliphatic hydroxyl groups is 1. The molecule has 0 aliphatic rings. The van der Waals surface area contributed by atoms with Crippen molar-refractivity contribution in [3.05, 3.63) is 63.1 Å². The van der Waals surface area contributed by atoms with Gasteiger partial charge >= 0.3 is 0 Å². The summed E-state index contributed by atoms with van der Waals surface area (Å²) in [6.07, 6.45) is -0.785. The molecule has 0 saturated heterocycles. The molecule has 0 fully saturated rings. The molecule has 2 aromatic carbocycles. The van der Waals surface area contributed by atoms with Gasteiger partial charge in [0.15, 0.2) is 0 Å².